The van der Waals surface area contributed by atoms with Gasteiger partial charge in [0, 0.05) is 19.0 Å². The minimum Gasteiger partial charge on any atom is -0.492 e. The van der Waals surface area contributed by atoms with Crippen LogP contribution in [0.15, 0.2) is 28.6 Å². The highest BCUT2D eigenvalue weighted by molar-refractivity contribution is 7.47. The van der Waals surface area contributed by atoms with Crippen LogP contribution in [0.25, 0.3) is 0 Å². The van der Waals surface area contributed by atoms with Crippen molar-refractivity contribution in [3.05, 3.63) is 24.3 Å². The Morgan fingerprint density at radius 1 is 1.29 bits per heavy atom. The molecule has 1 aromatic carbocycles. The van der Waals surface area contributed by atoms with Gasteiger partial charge in [-0.25, -0.2) is 4.79 Å². The molecule has 0 radical (unpaired) electrons. The van der Waals surface area contributed by atoms with E-state index in [0.717, 1.165) is 11.4 Å². The Morgan fingerprint density at radius 3 is 2.38 bits per heavy atom. The Bertz CT molecular complexity index is 469. The van der Waals surface area contributed by atoms with E-state index in [4.69, 9.17) is 9.47 Å². The Labute approximate surface area is 131 Å². The smallest absolute Gasteiger partial charge is 0.410 e. The van der Waals surface area contributed by atoms with Crippen molar-refractivity contribution in [3.63, 3.8) is 0 Å². The van der Waals surface area contributed by atoms with Crippen LogP contribution < -0.4 is 4.74 Å². The summed E-state index contributed by atoms with van der Waals surface area (Å²) >= 11 is 4.60. The average Bonchev–Trinajstić information content (AvgIpc) is 2.42. The normalized spacial score (nSPS) is 10.9. The highest BCUT2D eigenvalue weighted by Crippen LogP contribution is 2.17. The fourth-order valence-corrected chi connectivity index (χ4v) is 1.70. The number of hydrogen-bond acceptors (Lipinski definition) is 5. The minimum atomic E-state index is -0.491. The van der Waals surface area contributed by atoms with Crippen LogP contribution in [0.1, 0.15) is 27.7 Å². The van der Waals surface area contributed by atoms with E-state index in [1.165, 1.54) is 0 Å². The van der Waals surface area contributed by atoms with Crippen LogP contribution in [-0.4, -0.2) is 36.3 Å². The molecule has 1 amide bonds. The molecule has 0 atom stereocenters. The number of ether oxygens (including phenoxy) is 2. The number of carbonyl (C=O) groups is 1. The third kappa shape index (κ3) is 6.53. The molecule has 21 heavy (non-hydrogen) atoms. The lowest BCUT2D eigenvalue weighted by Crippen LogP contribution is -2.38. The van der Waals surface area contributed by atoms with Gasteiger partial charge in [0.25, 0.3) is 0 Å². The zero-order chi connectivity index (χ0) is 15.9. The van der Waals surface area contributed by atoms with E-state index in [1.54, 1.807) is 29.2 Å². The molecule has 0 aliphatic carbocycles. The Morgan fingerprint density at radius 2 is 1.90 bits per heavy atom. The summed E-state index contributed by atoms with van der Waals surface area (Å²) in [7, 11) is 0. The van der Waals surface area contributed by atoms with Crippen LogP contribution in [0.4, 0.5) is 10.5 Å². The molecule has 0 bridgehead atoms. The van der Waals surface area contributed by atoms with Gasteiger partial charge in [0.15, 0.2) is 0 Å². The van der Waals surface area contributed by atoms with Crippen molar-refractivity contribution in [1.82, 2.24) is 4.90 Å². The summed E-state index contributed by atoms with van der Waals surface area (Å²) in [6.45, 7) is 8.90. The summed E-state index contributed by atoms with van der Waals surface area (Å²) in [6, 6.07) is 7.17. The summed E-state index contributed by atoms with van der Waals surface area (Å²) in [5.74, 6) is 0.720. The second-order valence-electron chi connectivity index (χ2n) is 5.49. The van der Waals surface area contributed by atoms with Crippen LogP contribution >= 0.6 is 0 Å². The summed E-state index contributed by atoms with van der Waals surface area (Å²) in [5.41, 5.74) is 0.232. The first-order chi connectivity index (χ1) is 9.85. The van der Waals surface area contributed by atoms with E-state index in [0.29, 0.717) is 19.7 Å². The molecule has 0 saturated heterocycles. The lowest BCUT2D eigenvalue weighted by atomic mass is 10.2. The van der Waals surface area contributed by atoms with Crippen LogP contribution in [0.2, 0.25) is 0 Å². The maximum atomic E-state index is 11.9. The molecule has 0 aliphatic rings. The number of likely N-dealkylation sites (N-methyl/N-ethyl adjacent to an activating group) is 1. The molecule has 1 rings (SSSR count). The molecular weight excluding hydrogens is 288 g/mol. The predicted octanol–water partition coefficient (Wildman–Crippen LogP) is 3.68. The van der Waals surface area contributed by atoms with Crippen LogP contribution in [-0.2, 0) is 17.2 Å². The van der Waals surface area contributed by atoms with Crippen molar-refractivity contribution in [1.29, 1.82) is 0 Å². The molecule has 0 N–H and O–H groups in total. The van der Waals surface area contributed by atoms with Crippen molar-refractivity contribution >= 4 is 24.2 Å². The lowest BCUT2D eigenvalue weighted by molar-refractivity contribution is 0.0237. The van der Waals surface area contributed by atoms with Gasteiger partial charge < -0.3 is 14.4 Å². The maximum absolute atomic E-state index is 11.9. The number of nitrogens with zero attached hydrogens (tertiary/aromatic N) is 2. The number of carbonyl (C=O) groups excluding carboxylic acids is 1. The van der Waals surface area contributed by atoms with Gasteiger partial charge in [-0.1, -0.05) is 0 Å². The summed E-state index contributed by atoms with van der Waals surface area (Å²) in [6.07, 6.45) is -0.325. The summed E-state index contributed by atoms with van der Waals surface area (Å²) in [5, 5.41) is 0. The maximum Gasteiger partial charge on any atom is 0.410 e. The largest absolute Gasteiger partial charge is 0.492 e. The molecule has 116 valence electrons. The van der Waals surface area contributed by atoms with Gasteiger partial charge in [-0.2, -0.15) is 4.36 Å². The van der Waals surface area contributed by atoms with Crippen LogP contribution in [0.5, 0.6) is 5.75 Å². The Kier molecular flexibility index (Phi) is 6.55. The highest BCUT2D eigenvalue weighted by atomic mass is 32.1. The second-order valence-corrected chi connectivity index (χ2v) is 5.68. The zero-order valence-corrected chi connectivity index (χ0v) is 13.8. The van der Waals surface area contributed by atoms with Gasteiger partial charge in [0.1, 0.15) is 18.0 Å². The Hall–Kier alpha value is -1.69. The average molecular weight is 310 g/mol. The van der Waals surface area contributed by atoms with E-state index in [9.17, 15) is 4.79 Å². The van der Waals surface area contributed by atoms with Gasteiger partial charge in [-0.05, 0) is 52.0 Å². The minimum absolute atomic E-state index is 0.325. The SMILES string of the molecule is CCN(CCOc1ccc(N=S)cc1)C(=O)OC(C)(C)C. The van der Waals surface area contributed by atoms with Crippen molar-refractivity contribution < 1.29 is 14.3 Å². The van der Waals surface area contributed by atoms with Crippen LogP contribution in [0, 0.1) is 0 Å². The van der Waals surface area contributed by atoms with Crippen LogP contribution in [0.3, 0.4) is 0 Å². The molecule has 0 fully saturated rings. The fraction of sp³-hybridized carbons (Fsp3) is 0.533. The predicted molar refractivity (Wildman–Crippen MR) is 84.9 cm³/mol. The highest BCUT2D eigenvalue weighted by Gasteiger charge is 2.20. The topological polar surface area (TPSA) is 51.1 Å². The van der Waals surface area contributed by atoms with Gasteiger partial charge in [-0.15, -0.1) is 0 Å². The van der Waals surface area contributed by atoms with E-state index < -0.39 is 5.60 Å². The molecule has 0 heterocycles. The quantitative estimate of drug-likeness (QED) is 0.804. The molecule has 5 nitrogen and oxygen atoms in total. The first-order valence-electron chi connectivity index (χ1n) is 6.90. The van der Waals surface area contributed by atoms with Crippen molar-refractivity contribution in [3.8, 4) is 5.75 Å². The second kappa shape index (κ2) is 7.93. The fourth-order valence-electron chi connectivity index (χ4n) is 1.58. The first kappa shape index (κ1) is 17.4. The first-order valence-corrected chi connectivity index (χ1v) is 7.26. The zero-order valence-electron chi connectivity index (χ0n) is 13.0. The van der Waals surface area contributed by atoms with E-state index in [1.807, 2.05) is 27.7 Å². The molecule has 0 saturated carbocycles. The Balaban J connectivity index is 2.44. The van der Waals surface area contributed by atoms with Gasteiger partial charge in [-0.3, -0.25) is 0 Å². The summed E-state index contributed by atoms with van der Waals surface area (Å²) in [4.78, 5) is 13.5. The summed E-state index contributed by atoms with van der Waals surface area (Å²) < 4.78 is 14.6. The molecule has 0 aromatic heterocycles. The van der Waals surface area contributed by atoms with Crippen molar-refractivity contribution in [2.45, 2.75) is 33.3 Å². The standard InChI is InChI=1S/C15H22N2O3S/c1-5-17(14(18)20-15(2,3)4)10-11-19-13-8-6-12(16-21)7-9-13/h6-9H,5,10-11H2,1-4H3. The third-order valence-electron chi connectivity index (χ3n) is 2.61. The molecule has 0 spiro atoms. The molecule has 1 aromatic rings. The molecule has 0 aliphatic heterocycles. The number of rotatable bonds is 6. The monoisotopic (exact) mass is 310 g/mol. The molecular formula is C15H22N2O3S. The number of amides is 1. The van der Waals surface area contributed by atoms with Gasteiger partial charge in [0.2, 0.25) is 0 Å². The number of benzene rings is 1. The van der Waals surface area contributed by atoms with Gasteiger partial charge in [0.05, 0.1) is 12.2 Å². The lowest BCUT2D eigenvalue weighted by Gasteiger charge is -2.26. The molecule has 6 heteroatoms. The number of hydrogen-bond donors (Lipinski definition) is 0. The van der Waals surface area contributed by atoms with E-state index in [-0.39, 0.29) is 6.09 Å². The van der Waals surface area contributed by atoms with Crippen molar-refractivity contribution in [2.24, 2.45) is 4.36 Å². The third-order valence-corrected chi connectivity index (χ3v) is 2.82. The van der Waals surface area contributed by atoms with Crippen molar-refractivity contribution in [2.75, 3.05) is 19.7 Å². The molecule has 0 unspecified atom stereocenters. The van der Waals surface area contributed by atoms with E-state index >= 15 is 0 Å². The van der Waals surface area contributed by atoms with Gasteiger partial charge >= 0.3 is 6.09 Å². The van der Waals surface area contributed by atoms with E-state index in [2.05, 4.69) is 16.8 Å².